The van der Waals surface area contributed by atoms with Crippen molar-refractivity contribution in [1.82, 2.24) is 20.9 Å². The molecule has 1 heterocycles. The smallest absolute Gasteiger partial charge is 0.246 e. The van der Waals surface area contributed by atoms with Gasteiger partial charge in [-0.05, 0) is 51.1 Å². The average molecular weight is 486 g/mol. The summed E-state index contributed by atoms with van der Waals surface area (Å²) in [6.45, 7) is 2.19. The van der Waals surface area contributed by atoms with Crippen molar-refractivity contribution in [1.29, 1.82) is 0 Å². The summed E-state index contributed by atoms with van der Waals surface area (Å²) in [5.41, 5.74) is 6.46. The molecule has 1 aromatic carbocycles. The molecule has 35 heavy (non-hydrogen) atoms. The van der Waals surface area contributed by atoms with Crippen LogP contribution < -0.4 is 21.7 Å². The van der Waals surface area contributed by atoms with Gasteiger partial charge >= 0.3 is 0 Å². The second-order valence-electron chi connectivity index (χ2n) is 9.74. The van der Waals surface area contributed by atoms with E-state index in [2.05, 4.69) is 16.0 Å². The summed E-state index contributed by atoms with van der Waals surface area (Å²) in [6, 6.07) is 6.69. The van der Waals surface area contributed by atoms with Crippen LogP contribution in [0.4, 0.5) is 0 Å². The fourth-order valence-corrected chi connectivity index (χ4v) is 5.08. The lowest BCUT2D eigenvalue weighted by Crippen LogP contribution is -2.59. The van der Waals surface area contributed by atoms with E-state index < -0.39 is 30.1 Å². The molecule has 4 amide bonds. The van der Waals surface area contributed by atoms with Crippen LogP contribution in [0, 0.1) is 5.92 Å². The van der Waals surface area contributed by atoms with Gasteiger partial charge in [-0.1, -0.05) is 49.6 Å². The number of hydrogen-bond donors (Lipinski definition) is 4. The largest absolute Gasteiger partial charge is 0.368 e. The SMILES string of the molecule is CN[C@@H](C)C(=O)N[C@H](C(=O)N1CCC[C@H]1C(=O)N[C@@H](Cc1ccccc1)C(N)=O)C1CCCCC1. The number of likely N-dealkylation sites (N-methyl/N-ethyl adjacent to an activating group) is 1. The first kappa shape index (κ1) is 26.7. The van der Waals surface area contributed by atoms with E-state index >= 15 is 0 Å². The summed E-state index contributed by atoms with van der Waals surface area (Å²) in [4.78, 5) is 53.3. The number of hydrogen-bond acceptors (Lipinski definition) is 5. The molecule has 0 radical (unpaired) electrons. The van der Waals surface area contributed by atoms with Crippen LogP contribution in [0.2, 0.25) is 0 Å². The number of likely N-dealkylation sites (tertiary alicyclic amines) is 1. The molecule has 2 aliphatic rings. The number of nitrogens with one attached hydrogen (secondary N) is 3. The Hall–Kier alpha value is -2.94. The van der Waals surface area contributed by atoms with E-state index in [1.165, 1.54) is 0 Å². The van der Waals surface area contributed by atoms with Crippen molar-refractivity contribution < 1.29 is 19.2 Å². The highest BCUT2D eigenvalue weighted by Gasteiger charge is 2.41. The maximum atomic E-state index is 13.7. The van der Waals surface area contributed by atoms with Crippen molar-refractivity contribution in [2.45, 2.75) is 82.5 Å². The minimum absolute atomic E-state index is 0.0463. The second kappa shape index (κ2) is 12.7. The molecule has 1 saturated carbocycles. The number of nitrogens with zero attached hydrogens (tertiary/aromatic N) is 1. The van der Waals surface area contributed by atoms with Crippen LogP contribution in [0.5, 0.6) is 0 Å². The van der Waals surface area contributed by atoms with Crippen molar-refractivity contribution in [3.05, 3.63) is 35.9 Å². The first-order chi connectivity index (χ1) is 16.8. The Labute approximate surface area is 207 Å². The lowest BCUT2D eigenvalue weighted by Gasteiger charge is -2.35. The van der Waals surface area contributed by atoms with Crippen LogP contribution in [0.25, 0.3) is 0 Å². The van der Waals surface area contributed by atoms with Gasteiger partial charge in [-0.15, -0.1) is 0 Å². The van der Waals surface area contributed by atoms with Gasteiger partial charge < -0.3 is 26.6 Å². The Morgan fingerprint density at radius 3 is 2.31 bits per heavy atom. The molecule has 4 atom stereocenters. The van der Waals surface area contributed by atoms with Gasteiger partial charge in [0.15, 0.2) is 0 Å². The van der Waals surface area contributed by atoms with Gasteiger partial charge in [0.25, 0.3) is 0 Å². The molecule has 9 heteroatoms. The summed E-state index contributed by atoms with van der Waals surface area (Å²) in [5.74, 6) is -1.40. The lowest BCUT2D eigenvalue weighted by molar-refractivity contribution is -0.143. The third-order valence-electron chi connectivity index (χ3n) is 7.29. The monoisotopic (exact) mass is 485 g/mol. The number of carbonyl (C=O) groups is 4. The molecular formula is C26H39N5O4. The molecule has 0 spiro atoms. The van der Waals surface area contributed by atoms with Crippen molar-refractivity contribution in [3.63, 3.8) is 0 Å². The minimum atomic E-state index is -0.868. The minimum Gasteiger partial charge on any atom is -0.368 e. The molecule has 1 aliphatic heterocycles. The predicted octanol–water partition coefficient (Wildman–Crippen LogP) is 0.863. The first-order valence-electron chi connectivity index (χ1n) is 12.7. The molecular weight excluding hydrogens is 446 g/mol. The molecule has 1 aliphatic carbocycles. The van der Waals surface area contributed by atoms with Gasteiger partial charge in [0, 0.05) is 13.0 Å². The molecule has 0 aromatic heterocycles. The number of nitrogens with two attached hydrogens (primary N) is 1. The summed E-state index contributed by atoms with van der Waals surface area (Å²) in [6.07, 6.45) is 6.39. The number of amides is 4. The molecule has 2 fully saturated rings. The molecule has 3 rings (SSSR count). The van der Waals surface area contributed by atoms with Gasteiger partial charge in [0.1, 0.15) is 18.1 Å². The van der Waals surface area contributed by atoms with Gasteiger partial charge in [0.05, 0.1) is 6.04 Å². The van der Waals surface area contributed by atoms with Crippen molar-refractivity contribution in [2.75, 3.05) is 13.6 Å². The van der Waals surface area contributed by atoms with Gasteiger partial charge in [-0.25, -0.2) is 0 Å². The van der Waals surface area contributed by atoms with Crippen LogP contribution in [-0.4, -0.2) is 66.3 Å². The highest BCUT2D eigenvalue weighted by atomic mass is 16.2. The third kappa shape index (κ3) is 7.04. The molecule has 192 valence electrons. The van der Waals surface area contributed by atoms with Gasteiger partial charge in [-0.3, -0.25) is 19.2 Å². The van der Waals surface area contributed by atoms with E-state index in [0.29, 0.717) is 19.4 Å². The Balaban J connectivity index is 1.73. The topological polar surface area (TPSA) is 134 Å². The quantitative estimate of drug-likeness (QED) is 0.390. The molecule has 1 saturated heterocycles. The molecule has 0 bridgehead atoms. The number of rotatable bonds is 10. The van der Waals surface area contributed by atoms with E-state index in [4.69, 9.17) is 5.73 Å². The summed E-state index contributed by atoms with van der Waals surface area (Å²) in [5, 5.41) is 8.66. The summed E-state index contributed by atoms with van der Waals surface area (Å²) in [7, 11) is 1.70. The normalized spacial score (nSPS) is 21.1. The standard InChI is InChI=1S/C26H39N5O4/c1-17(28-2)24(33)30-22(19-12-7-4-8-13-19)26(35)31-15-9-14-21(31)25(34)29-20(23(27)32)16-18-10-5-3-6-11-18/h3,5-6,10-11,17,19-22,28H,4,7-9,12-16H2,1-2H3,(H2,27,32)(H,29,34)(H,30,33)/t17-,20-,21-,22-/m0/s1. The van der Waals surface area contributed by atoms with E-state index in [0.717, 1.165) is 37.7 Å². The first-order valence-corrected chi connectivity index (χ1v) is 12.7. The van der Waals surface area contributed by atoms with E-state index in [9.17, 15) is 19.2 Å². The fourth-order valence-electron chi connectivity index (χ4n) is 5.08. The van der Waals surface area contributed by atoms with E-state index in [1.54, 1.807) is 18.9 Å². The van der Waals surface area contributed by atoms with Crippen LogP contribution >= 0.6 is 0 Å². The molecule has 0 unspecified atom stereocenters. The van der Waals surface area contributed by atoms with Crippen molar-refractivity contribution in [3.8, 4) is 0 Å². The Kier molecular flexibility index (Phi) is 9.65. The van der Waals surface area contributed by atoms with Crippen LogP contribution in [0.3, 0.4) is 0 Å². The maximum absolute atomic E-state index is 13.7. The Bertz CT molecular complexity index is 887. The zero-order valence-electron chi connectivity index (χ0n) is 20.8. The number of primary amides is 1. The fraction of sp³-hybridized carbons (Fsp3) is 0.615. The highest BCUT2D eigenvalue weighted by Crippen LogP contribution is 2.29. The maximum Gasteiger partial charge on any atom is 0.246 e. The average Bonchev–Trinajstić information content (AvgIpc) is 3.37. The summed E-state index contributed by atoms with van der Waals surface area (Å²) >= 11 is 0. The Morgan fingerprint density at radius 1 is 1.00 bits per heavy atom. The molecule has 5 N–H and O–H groups in total. The second-order valence-corrected chi connectivity index (χ2v) is 9.74. The Morgan fingerprint density at radius 2 is 1.69 bits per heavy atom. The lowest BCUT2D eigenvalue weighted by atomic mass is 9.83. The summed E-state index contributed by atoms with van der Waals surface area (Å²) < 4.78 is 0. The van der Waals surface area contributed by atoms with E-state index in [1.807, 2.05) is 30.3 Å². The van der Waals surface area contributed by atoms with Crippen LogP contribution in [-0.2, 0) is 25.6 Å². The van der Waals surface area contributed by atoms with Crippen molar-refractivity contribution in [2.24, 2.45) is 11.7 Å². The zero-order chi connectivity index (χ0) is 25.4. The highest BCUT2D eigenvalue weighted by molar-refractivity contribution is 5.95. The zero-order valence-corrected chi connectivity index (χ0v) is 20.8. The van der Waals surface area contributed by atoms with Crippen LogP contribution in [0.1, 0.15) is 57.4 Å². The number of benzene rings is 1. The van der Waals surface area contributed by atoms with Crippen LogP contribution in [0.15, 0.2) is 30.3 Å². The number of carbonyl (C=O) groups excluding carboxylic acids is 4. The van der Waals surface area contributed by atoms with Gasteiger partial charge in [-0.2, -0.15) is 0 Å². The van der Waals surface area contributed by atoms with Gasteiger partial charge in [0.2, 0.25) is 23.6 Å². The molecule has 1 aromatic rings. The van der Waals surface area contributed by atoms with E-state index in [-0.39, 0.29) is 30.1 Å². The molecule has 9 nitrogen and oxygen atoms in total. The predicted molar refractivity (Wildman–Crippen MR) is 133 cm³/mol. The third-order valence-corrected chi connectivity index (χ3v) is 7.29. The van der Waals surface area contributed by atoms with Crippen molar-refractivity contribution >= 4 is 23.6 Å².